The summed E-state index contributed by atoms with van der Waals surface area (Å²) in [6.45, 7) is 0. The number of alkyl halides is 6. The van der Waals surface area contributed by atoms with Crippen LogP contribution in [0.4, 0.5) is 26.3 Å². The second kappa shape index (κ2) is 10.2. The Hall–Kier alpha value is -2.89. The predicted octanol–water partition coefficient (Wildman–Crippen LogP) is 6.39. The van der Waals surface area contributed by atoms with Gasteiger partial charge in [0.2, 0.25) is 10.0 Å². The third-order valence-corrected chi connectivity index (χ3v) is 7.58. The average Bonchev–Trinajstić information content (AvgIpc) is 2.81. The maximum Gasteiger partial charge on any atom is 0.416 e. The zero-order valence-corrected chi connectivity index (χ0v) is 20.4. The standard InChI is InChI=1S/C25H24F6N2O2S/c1-32(2)22(17-10-6-4-7-11-17)23(18-12-8-5-9-13-18)33(3)36(34,35)21-15-19(24(26,27)28)14-20(16-21)25(29,30)31/h4-16,22-23H,1-3H3/t22-,23-/m1/s1. The van der Waals surface area contributed by atoms with Crippen molar-refractivity contribution in [2.75, 3.05) is 21.1 Å². The number of hydrogen-bond acceptors (Lipinski definition) is 3. The van der Waals surface area contributed by atoms with Crippen molar-refractivity contribution >= 4 is 10.0 Å². The summed E-state index contributed by atoms with van der Waals surface area (Å²) in [5.74, 6) is 0. The summed E-state index contributed by atoms with van der Waals surface area (Å²) >= 11 is 0. The Bertz CT molecular complexity index is 1250. The highest BCUT2D eigenvalue weighted by Gasteiger charge is 2.41. The number of rotatable bonds is 7. The van der Waals surface area contributed by atoms with Crippen LogP contribution in [0.2, 0.25) is 0 Å². The van der Waals surface area contributed by atoms with Gasteiger partial charge in [0.25, 0.3) is 0 Å². The summed E-state index contributed by atoms with van der Waals surface area (Å²) in [5.41, 5.74) is -2.19. The van der Waals surface area contributed by atoms with Gasteiger partial charge in [0, 0.05) is 7.05 Å². The van der Waals surface area contributed by atoms with Gasteiger partial charge in [0.1, 0.15) is 0 Å². The van der Waals surface area contributed by atoms with Crippen LogP contribution in [0.15, 0.2) is 83.8 Å². The second-order valence-corrected chi connectivity index (χ2v) is 10.4. The Balaban J connectivity index is 2.24. The molecule has 0 aliphatic heterocycles. The van der Waals surface area contributed by atoms with Crippen LogP contribution >= 0.6 is 0 Å². The molecule has 0 radical (unpaired) electrons. The van der Waals surface area contributed by atoms with Crippen LogP contribution in [-0.4, -0.2) is 38.8 Å². The molecule has 0 bridgehead atoms. The Kier molecular flexibility index (Phi) is 7.87. The van der Waals surface area contributed by atoms with Gasteiger partial charge in [0.05, 0.1) is 28.1 Å². The number of benzene rings is 3. The Morgan fingerprint density at radius 1 is 0.639 bits per heavy atom. The molecule has 0 spiro atoms. The molecule has 0 saturated heterocycles. The lowest BCUT2D eigenvalue weighted by Gasteiger charge is -2.38. The second-order valence-electron chi connectivity index (χ2n) is 8.44. The van der Waals surface area contributed by atoms with E-state index in [1.807, 2.05) is 0 Å². The van der Waals surface area contributed by atoms with Crippen LogP contribution < -0.4 is 0 Å². The molecule has 0 aromatic heterocycles. The Morgan fingerprint density at radius 2 is 1.03 bits per heavy atom. The molecule has 3 aromatic rings. The SMILES string of the molecule is CN(C)[C@H](c1ccccc1)[C@@H](c1ccccc1)N(C)S(=O)(=O)c1cc(C(F)(F)F)cc(C(F)(F)F)c1. The van der Waals surface area contributed by atoms with Crippen LogP contribution in [-0.2, 0) is 22.4 Å². The van der Waals surface area contributed by atoms with Gasteiger partial charge in [0.15, 0.2) is 0 Å². The minimum atomic E-state index is -5.18. The number of hydrogen-bond donors (Lipinski definition) is 0. The maximum absolute atomic E-state index is 13.6. The molecule has 0 aliphatic rings. The first-order valence-corrected chi connectivity index (χ1v) is 12.1. The summed E-state index contributed by atoms with van der Waals surface area (Å²) in [5, 5.41) is 0. The minimum absolute atomic E-state index is 0.0969. The van der Waals surface area contributed by atoms with E-state index in [4.69, 9.17) is 0 Å². The number of nitrogens with zero attached hydrogens (tertiary/aromatic N) is 2. The van der Waals surface area contributed by atoms with Crippen LogP contribution in [0, 0.1) is 0 Å². The molecule has 0 amide bonds. The lowest BCUT2D eigenvalue weighted by Crippen LogP contribution is -2.39. The number of sulfonamides is 1. The zero-order valence-electron chi connectivity index (χ0n) is 19.5. The first-order valence-electron chi connectivity index (χ1n) is 10.7. The average molecular weight is 531 g/mol. The lowest BCUT2D eigenvalue weighted by molar-refractivity contribution is -0.143. The van der Waals surface area contributed by atoms with Gasteiger partial charge in [-0.05, 0) is 43.4 Å². The van der Waals surface area contributed by atoms with Gasteiger partial charge >= 0.3 is 12.4 Å². The van der Waals surface area contributed by atoms with Gasteiger partial charge in [-0.25, -0.2) is 8.42 Å². The molecular formula is C25H24F6N2O2S. The van der Waals surface area contributed by atoms with E-state index in [2.05, 4.69) is 0 Å². The van der Waals surface area contributed by atoms with Crippen molar-refractivity contribution in [2.24, 2.45) is 0 Å². The highest BCUT2D eigenvalue weighted by molar-refractivity contribution is 7.89. The molecule has 0 fully saturated rings. The highest BCUT2D eigenvalue weighted by Crippen LogP contribution is 2.42. The maximum atomic E-state index is 13.6. The van der Waals surface area contributed by atoms with E-state index < -0.39 is 50.5 Å². The van der Waals surface area contributed by atoms with Crippen molar-refractivity contribution in [3.63, 3.8) is 0 Å². The predicted molar refractivity (Wildman–Crippen MR) is 123 cm³/mol. The third-order valence-electron chi connectivity index (χ3n) is 5.77. The van der Waals surface area contributed by atoms with E-state index >= 15 is 0 Å². The molecule has 194 valence electrons. The van der Waals surface area contributed by atoms with Gasteiger partial charge < -0.3 is 4.90 Å². The molecule has 3 rings (SSSR count). The highest BCUT2D eigenvalue weighted by atomic mass is 32.2. The van der Waals surface area contributed by atoms with Crippen LogP contribution in [0.25, 0.3) is 0 Å². The van der Waals surface area contributed by atoms with Crippen molar-refractivity contribution in [1.29, 1.82) is 0 Å². The van der Waals surface area contributed by atoms with Crippen LogP contribution in [0.3, 0.4) is 0 Å². The molecule has 3 aromatic carbocycles. The zero-order chi connectivity index (χ0) is 26.9. The summed E-state index contributed by atoms with van der Waals surface area (Å²) in [6, 6.07) is 16.0. The molecule has 36 heavy (non-hydrogen) atoms. The minimum Gasteiger partial charge on any atom is -0.301 e. The first kappa shape index (κ1) is 27.7. The van der Waals surface area contributed by atoms with Crippen molar-refractivity contribution in [2.45, 2.75) is 29.3 Å². The van der Waals surface area contributed by atoms with E-state index in [1.54, 1.807) is 79.7 Å². The van der Waals surface area contributed by atoms with Crippen LogP contribution in [0.5, 0.6) is 0 Å². The molecular weight excluding hydrogens is 506 g/mol. The van der Waals surface area contributed by atoms with Crippen LogP contribution in [0.1, 0.15) is 34.3 Å². The summed E-state index contributed by atoms with van der Waals surface area (Å²) in [7, 11) is -0.262. The Labute approximate surface area is 205 Å². The molecule has 0 aliphatic carbocycles. The molecule has 0 saturated carbocycles. The molecule has 11 heteroatoms. The van der Waals surface area contributed by atoms with Gasteiger partial charge in [-0.15, -0.1) is 0 Å². The van der Waals surface area contributed by atoms with E-state index in [0.717, 1.165) is 11.4 Å². The summed E-state index contributed by atoms with van der Waals surface area (Å²) in [6.07, 6.45) is -10.4. The van der Waals surface area contributed by atoms with Gasteiger partial charge in [-0.2, -0.15) is 30.6 Å². The fourth-order valence-electron chi connectivity index (χ4n) is 4.05. The molecule has 4 nitrogen and oxygen atoms in total. The van der Waals surface area contributed by atoms with Crippen molar-refractivity contribution in [3.05, 3.63) is 101 Å². The molecule has 0 heterocycles. The van der Waals surface area contributed by atoms with E-state index in [9.17, 15) is 34.8 Å². The Morgan fingerprint density at radius 3 is 1.39 bits per heavy atom. The van der Waals surface area contributed by atoms with E-state index in [0.29, 0.717) is 11.1 Å². The fraction of sp³-hybridized carbons (Fsp3) is 0.280. The smallest absolute Gasteiger partial charge is 0.301 e. The van der Waals surface area contributed by atoms with Gasteiger partial charge in [-0.3, -0.25) is 0 Å². The van der Waals surface area contributed by atoms with Crippen molar-refractivity contribution < 1.29 is 34.8 Å². The quantitative estimate of drug-likeness (QED) is 0.333. The van der Waals surface area contributed by atoms with Gasteiger partial charge in [-0.1, -0.05) is 60.7 Å². The third kappa shape index (κ3) is 5.91. The normalized spacial score (nSPS) is 14.8. The van der Waals surface area contributed by atoms with E-state index in [-0.39, 0.29) is 18.2 Å². The number of likely N-dealkylation sites (N-methyl/N-ethyl adjacent to an activating group) is 2. The number of halogens is 6. The summed E-state index contributed by atoms with van der Waals surface area (Å²) < 4.78 is 109. The molecule has 0 N–H and O–H groups in total. The lowest BCUT2D eigenvalue weighted by atomic mass is 9.92. The van der Waals surface area contributed by atoms with Crippen molar-refractivity contribution in [1.82, 2.24) is 9.21 Å². The largest absolute Gasteiger partial charge is 0.416 e. The molecule has 0 unspecified atom stereocenters. The topological polar surface area (TPSA) is 40.6 Å². The van der Waals surface area contributed by atoms with E-state index in [1.165, 1.54) is 0 Å². The molecule has 2 atom stereocenters. The summed E-state index contributed by atoms with van der Waals surface area (Å²) in [4.78, 5) is 0.644. The van der Waals surface area contributed by atoms with Crippen molar-refractivity contribution in [3.8, 4) is 0 Å². The fourth-order valence-corrected chi connectivity index (χ4v) is 5.47. The monoisotopic (exact) mass is 530 g/mol. The first-order chi connectivity index (χ1) is 16.6.